The molecule has 1 rings (SSSR count). The van der Waals surface area contributed by atoms with E-state index in [9.17, 15) is 10.1 Å². The van der Waals surface area contributed by atoms with E-state index in [1.165, 1.54) is 6.07 Å². The highest BCUT2D eigenvalue weighted by Gasteiger charge is 2.15. The number of nitro benzene ring substituents is 1. The zero-order valence-corrected chi connectivity index (χ0v) is 7.15. The largest absolute Gasteiger partial charge is 0.393 e. The van der Waals surface area contributed by atoms with Crippen LogP contribution >= 0.6 is 0 Å². The van der Waals surface area contributed by atoms with Gasteiger partial charge in [0.2, 0.25) is 0 Å². The summed E-state index contributed by atoms with van der Waals surface area (Å²) in [5, 5.41) is 19.3. The maximum absolute atomic E-state index is 10.4. The van der Waals surface area contributed by atoms with Gasteiger partial charge < -0.3 is 10.8 Å². The fraction of sp³-hybridized carbons (Fsp3) is 0.250. The number of nitrogen functional groups attached to an aromatic ring is 1. The van der Waals surface area contributed by atoms with Crippen molar-refractivity contribution in [3.8, 4) is 0 Å². The Kier molecular flexibility index (Phi) is 2.48. The minimum Gasteiger partial charge on any atom is -0.393 e. The first-order valence-corrected chi connectivity index (χ1v) is 3.71. The SMILES string of the molecule is Cc1ccc([N+](=O)[O-])c(N)c1CO. The molecule has 1 aromatic carbocycles. The van der Waals surface area contributed by atoms with Crippen LogP contribution in [-0.2, 0) is 6.61 Å². The number of aliphatic hydroxyl groups is 1. The van der Waals surface area contributed by atoms with Gasteiger partial charge in [0, 0.05) is 11.6 Å². The van der Waals surface area contributed by atoms with Gasteiger partial charge in [-0.1, -0.05) is 6.07 Å². The average Bonchev–Trinajstić information content (AvgIpc) is 2.04. The molecule has 70 valence electrons. The quantitative estimate of drug-likeness (QED) is 0.405. The topological polar surface area (TPSA) is 89.4 Å². The third-order valence-electron chi connectivity index (χ3n) is 1.92. The predicted molar refractivity (Wildman–Crippen MR) is 48.2 cm³/mol. The summed E-state index contributed by atoms with van der Waals surface area (Å²) >= 11 is 0. The van der Waals surface area contributed by atoms with Gasteiger partial charge in [-0.3, -0.25) is 10.1 Å². The highest BCUT2D eigenvalue weighted by molar-refractivity contribution is 5.65. The summed E-state index contributed by atoms with van der Waals surface area (Å²) in [6.07, 6.45) is 0. The van der Waals surface area contributed by atoms with E-state index in [1.54, 1.807) is 13.0 Å². The number of hydrogen-bond acceptors (Lipinski definition) is 4. The Morgan fingerprint density at radius 1 is 1.62 bits per heavy atom. The number of nitrogens with two attached hydrogens (primary N) is 1. The van der Waals surface area contributed by atoms with Crippen LogP contribution in [0.15, 0.2) is 12.1 Å². The summed E-state index contributed by atoms with van der Waals surface area (Å²) in [5.74, 6) is 0. The van der Waals surface area contributed by atoms with Crippen molar-refractivity contribution in [3.63, 3.8) is 0 Å². The van der Waals surface area contributed by atoms with Gasteiger partial charge >= 0.3 is 0 Å². The van der Waals surface area contributed by atoms with Gasteiger partial charge in [0.1, 0.15) is 5.69 Å². The van der Waals surface area contributed by atoms with Crippen molar-refractivity contribution >= 4 is 11.4 Å². The van der Waals surface area contributed by atoms with Crippen LogP contribution < -0.4 is 5.73 Å². The van der Waals surface area contributed by atoms with Crippen LogP contribution in [-0.4, -0.2) is 10.0 Å². The number of rotatable bonds is 2. The molecule has 0 amide bonds. The molecule has 3 N–H and O–H groups in total. The van der Waals surface area contributed by atoms with Gasteiger partial charge in [0.15, 0.2) is 0 Å². The molecule has 13 heavy (non-hydrogen) atoms. The fourth-order valence-electron chi connectivity index (χ4n) is 1.13. The summed E-state index contributed by atoms with van der Waals surface area (Å²) in [6, 6.07) is 2.91. The maximum Gasteiger partial charge on any atom is 0.292 e. The highest BCUT2D eigenvalue weighted by Crippen LogP contribution is 2.27. The molecule has 0 saturated carbocycles. The van der Waals surface area contributed by atoms with Crippen molar-refractivity contribution in [2.45, 2.75) is 13.5 Å². The Balaban J connectivity index is 3.35. The molecule has 0 bridgehead atoms. The Labute approximate surface area is 74.9 Å². The lowest BCUT2D eigenvalue weighted by Gasteiger charge is -2.05. The molecule has 0 saturated heterocycles. The van der Waals surface area contributed by atoms with Crippen LogP contribution in [0.4, 0.5) is 11.4 Å². The first-order chi connectivity index (χ1) is 6.07. The second-order valence-electron chi connectivity index (χ2n) is 2.71. The highest BCUT2D eigenvalue weighted by atomic mass is 16.6. The number of aliphatic hydroxyl groups excluding tert-OH is 1. The molecule has 5 nitrogen and oxygen atoms in total. The lowest BCUT2D eigenvalue weighted by molar-refractivity contribution is -0.384. The Bertz CT molecular complexity index is 349. The first kappa shape index (κ1) is 9.47. The van der Waals surface area contributed by atoms with Crippen LogP contribution in [0.3, 0.4) is 0 Å². The fourth-order valence-corrected chi connectivity index (χ4v) is 1.13. The minimum absolute atomic E-state index is 0.0486. The van der Waals surface area contributed by atoms with Gasteiger partial charge in [0.05, 0.1) is 11.5 Å². The van der Waals surface area contributed by atoms with E-state index >= 15 is 0 Å². The summed E-state index contributed by atoms with van der Waals surface area (Å²) in [4.78, 5) is 9.88. The smallest absolute Gasteiger partial charge is 0.292 e. The van der Waals surface area contributed by atoms with Gasteiger partial charge in [-0.15, -0.1) is 0 Å². The zero-order chi connectivity index (χ0) is 10.0. The molecule has 1 aromatic rings. The van der Waals surface area contributed by atoms with Gasteiger partial charge in [-0.25, -0.2) is 0 Å². The van der Waals surface area contributed by atoms with E-state index in [4.69, 9.17) is 10.8 Å². The van der Waals surface area contributed by atoms with Crippen molar-refractivity contribution in [2.24, 2.45) is 0 Å². The normalized spacial score (nSPS) is 10.0. The summed E-state index contributed by atoms with van der Waals surface area (Å²) in [6.45, 7) is 1.46. The molecule has 0 unspecified atom stereocenters. The third kappa shape index (κ3) is 1.59. The van der Waals surface area contributed by atoms with Gasteiger partial charge in [-0.05, 0) is 12.5 Å². The molecule has 0 aliphatic carbocycles. The molecule has 5 heteroatoms. The van der Waals surface area contributed by atoms with Crippen molar-refractivity contribution in [3.05, 3.63) is 33.4 Å². The zero-order valence-electron chi connectivity index (χ0n) is 7.15. The van der Waals surface area contributed by atoms with Gasteiger partial charge in [0.25, 0.3) is 5.69 Å². The Morgan fingerprint density at radius 3 is 2.69 bits per heavy atom. The van der Waals surface area contributed by atoms with Crippen LogP contribution in [0.5, 0.6) is 0 Å². The number of nitro groups is 1. The molecule has 0 aliphatic rings. The molecule has 0 spiro atoms. The summed E-state index contributed by atoms with van der Waals surface area (Å²) in [7, 11) is 0. The van der Waals surface area contributed by atoms with E-state index in [2.05, 4.69) is 0 Å². The van der Waals surface area contributed by atoms with E-state index in [1.807, 2.05) is 0 Å². The maximum atomic E-state index is 10.4. The van der Waals surface area contributed by atoms with Crippen LogP contribution in [0.2, 0.25) is 0 Å². The standard InChI is InChI=1S/C8H10N2O3/c1-5-2-3-7(10(12)13)8(9)6(5)4-11/h2-3,11H,4,9H2,1H3. The molecule has 0 heterocycles. The van der Waals surface area contributed by atoms with Gasteiger partial charge in [-0.2, -0.15) is 0 Å². The van der Waals surface area contributed by atoms with Crippen molar-refractivity contribution in [2.75, 3.05) is 5.73 Å². The molecule has 0 fully saturated rings. The summed E-state index contributed by atoms with van der Waals surface area (Å²) in [5.41, 5.74) is 6.57. The average molecular weight is 182 g/mol. The number of aryl methyl sites for hydroxylation is 1. The first-order valence-electron chi connectivity index (χ1n) is 3.71. The number of benzene rings is 1. The molecule has 0 aliphatic heterocycles. The minimum atomic E-state index is -0.562. The van der Waals surface area contributed by atoms with Crippen LogP contribution in [0.25, 0.3) is 0 Å². The number of anilines is 1. The third-order valence-corrected chi connectivity index (χ3v) is 1.92. The molecular formula is C8H10N2O3. The van der Waals surface area contributed by atoms with Crippen molar-refractivity contribution in [1.29, 1.82) is 0 Å². The lowest BCUT2D eigenvalue weighted by Crippen LogP contribution is -2.02. The van der Waals surface area contributed by atoms with Crippen LogP contribution in [0.1, 0.15) is 11.1 Å². The van der Waals surface area contributed by atoms with Crippen molar-refractivity contribution < 1.29 is 10.0 Å². The predicted octanol–water partition coefficient (Wildman–Crippen LogP) is 0.978. The Morgan fingerprint density at radius 2 is 2.23 bits per heavy atom. The summed E-state index contributed by atoms with van der Waals surface area (Å²) < 4.78 is 0. The number of hydrogen-bond donors (Lipinski definition) is 2. The second kappa shape index (κ2) is 3.40. The molecule has 0 aromatic heterocycles. The lowest BCUT2D eigenvalue weighted by atomic mass is 10.1. The van der Waals surface area contributed by atoms with Crippen LogP contribution in [0, 0.1) is 17.0 Å². The van der Waals surface area contributed by atoms with E-state index in [-0.39, 0.29) is 18.0 Å². The van der Waals surface area contributed by atoms with E-state index in [0.29, 0.717) is 5.56 Å². The Hall–Kier alpha value is -1.62. The number of nitrogens with zero attached hydrogens (tertiary/aromatic N) is 1. The molecule has 0 atom stereocenters. The van der Waals surface area contributed by atoms with E-state index in [0.717, 1.165) is 5.56 Å². The second-order valence-corrected chi connectivity index (χ2v) is 2.71. The van der Waals surface area contributed by atoms with E-state index < -0.39 is 4.92 Å². The van der Waals surface area contributed by atoms with Crippen molar-refractivity contribution in [1.82, 2.24) is 0 Å². The molecule has 0 radical (unpaired) electrons. The molecular weight excluding hydrogens is 172 g/mol. The monoisotopic (exact) mass is 182 g/mol.